The first kappa shape index (κ1) is 8.19. The standard InChI is InChI=1S/C8H6ClNO3/c9-6-2-8-7(12-4-13-8)1-5(6)3-10-11/h1-3,11H,4H2/b10-3+. The summed E-state index contributed by atoms with van der Waals surface area (Å²) >= 11 is 5.85. The van der Waals surface area contributed by atoms with E-state index in [0.29, 0.717) is 22.1 Å². The molecule has 0 saturated carbocycles. The van der Waals surface area contributed by atoms with E-state index in [-0.39, 0.29) is 6.79 Å². The average Bonchev–Trinajstić information content (AvgIpc) is 2.52. The molecule has 0 amide bonds. The molecule has 1 heterocycles. The largest absolute Gasteiger partial charge is 0.454 e. The van der Waals surface area contributed by atoms with Crippen LogP contribution < -0.4 is 9.47 Å². The van der Waals surface area contributed by atoms with E-state index in [1.165, 1.54) is 6.21 Å². The Morgan fingerprint density at radius 1 is 1.38 bits per heavy atom. The van der Waals surface area contributed by atoms with E-state index in [2.05, 4.69) is 5.16 Å². The third kappa shape index (κ3) is 1.40. The maximum Gasteiger partial charge on any atom is 0.231 e. The molecule has 5 heteroatoms. The molecule has 1 aliphatic rings. The van der Waals surface area contributed by atoms with Gasteiger partial charge < -0.3 is 14.7 Å². The van der Waals surface area contributed by atoms with E-state index in [1.807, 2.05) is 0 Å². The summed E-state index contributed by atoms with van der Waals surface area (Å²) in [5.74, 6) is 1.22. The van der Waals surface area contributed by atoms with Gasteiger partial charge in [-0.05, 0) is 6.07 Å². The highest BCUT2D eigenvalue weighted by Crippen LogP contribution is 2.36. The summed E-state index contributed by atoms with van der Waals surface area (Å²) in [5.41, 5.74) is 0.591. The number of nitrogens with zero attached hydrogens (tertiary/aromatic N) is 1. The van der Waals surface area contributed by atoms with Gasteiger partial charge in [-0.2, -0.15) is 0 Å². The Morgan fingerprint density at radius 2 is 2.08 bits per heavy atom. The lowest BCUT2D eigenvalue weighted by Gasteiger charge is -1.99. The van der Waals surface area contributed by atoms with Crippen LogP contribution in [0.25, 0.3) is 0 Å². The van der Waals surface area contributed by atoms with Crippen LogP contribution in [-0.4, -0.2) is 18.2 Å². The van der Waals surface area contributed by atoms with Crippen molar-refractivity contribution in [2.75, 3.05) is 6.79 Å². The zero-order chi connectivity index (χ0) is 9.26. The molecule has 13 heavy (non-hydrogen) atoms. The number of halogens is 1. The van der Waals surface area contributed by atoms with Gasteiger partial charge >= 0.3 is 0 Å². The van der Waals surface area contributed by atoms with Crippen molar-refractivity contribution in [3.63, 3.8) is 0 Å². The summed E-state index contributed by atoms with van der Waals surface area (Å²) in [4.78, 5) is 0. The lowest BCUT2D eigenvalue weighted by molar-refractivity contribution is 0.174. The van der Waals surface area contributed by atoms with E-state index in [9.17, 15) is 0 Å². The second kappa shape index (κ2) is 3.14. The lowest BCUT2D eigenvalue weighted by atomic mass is 10.2. The van der Waals surface area contributed by atoms with Gasteiger partial charge in [-0.25, -0.2) is 0 Å². The molecule has 1 aromatic rings. The Kier molecular flexibility index (Phi) is 1.98. The Balaban J connectivity index is 2.49. The Hall–Kier alpha value is -1.42. The molecule has 1 N–H and O–H groups in total. The van der Waals surface area contributed by atoms with Crippen LogP contribution in [0.15, 0.2) is 17.3 Å². The molecular weight excluding hydrogens is 194 g/mol. The summed E-state index contributed by atoms with van der Waals surface area (Å²) in [6, 6.07) is 3.28. The lowest BCUT2D eigenvalue weighted by Crippen LogP contribution is -1.92. The van der Waals surface area contributed by atoms with Crippen LogP contribution in [0.4, 0.5) is 0 Å². The molecule has 0 radical (unpaired) electrons. The van der Waals surface area contributed by atoms with Gasteiger partial charge in [0.15, 0.2) is 11.5 Å². The van der Waals surface area contributed by atoms with E-state index < -0.39 is 0 Å². The summed E-state index contributed by atoms with van der Waals surface area (Å²) in [7, 11) is 0. The summed E-state index contributed by atoms with van der Waals surface area (Å²) in [6.07, 6.45) is 1.24. The van der Waals surface area contributed by atoms with Crippen molar-refractivity contribution >= 4 is 17.8 Å². The molecule has 0 aliphatic carbocycles. The minimum atomic E-state index is 0.200. The molecule has 0 atom stereocenters. The second-order valence-electron chi connectivity index (χ2n) is 2.47. The fourth-order valence-electron chi connectivity index (χ4n) is 1.09. The molecule has 0 bridgehead atoms. The molecule has 0 fully saturated rings. The van der Waals surface area contributed by atoms with Crippen LogP contribution in [0.3, 0.4) is 0 Å². The van der Waals surface area contributed by atoms with Crippen LogP contribution in [0.5, 0.6) is 11.5 Å². The van der Waals surface area contributed by atoms with Crippen molar-refractivity contribution in [1.82, 2.24) is 0 Å². The maximum absolute atomic E-state index is 8.33. The van der Waals surface area contributed by atoms with Crippen molar-refractivity contribution in [1.29, 1.82) is 0 Å². The Morgan fingerprint density at radius 3 is 2.77 bits per heavy atom. The van der Waals surface area contributed by atoms with E-state index in [1.54, 1.807) is 12.1 Å². The number of oxime groups is 1. The van der Waals surface area contributed by atoms with Crippen LogP contribution in [-0.2, 0) is 0 Å². The van der Waals surface area contributed by atoms with Crippen molar-refractivity contribution in [2.24, 2.45) is 5.16 Å². The van der Waals surface area contributed by atoms with Crippen LogP contribution in [0.1, 0.15) is 5.56 Å². The van der Waals surface area contributed by atoms with Crippen molar-refractivity contribution in [3.05, 3.63) is 22.7 Å². The van der Waals surface area contributed by atoms with E-state index in [4.69, 9.17) is 26.3 Å². The van der Waals surface area contributed by atoms with Gasteiger partial charge in [-0.1, -0.05) is 16.8 Å². The topological polar surface area (TPSA) is 51.1 Å². The third-order valence-corrected chi connectivity index (χ3v) is 2.02. The highest BCUT2D eigenvalue weighted by Gasteiger charge is 2.15. The molecular formula is C8H6ClNO3. The SMILES string of the molecule is O/N=C/c1cc2c(cc1Cl)OCO2. The molecule has 1 aliphatic heterocycles. The van der Waals surface area contributed by atoms with Crippen molar-refractivity contribution in [2.45, 2.75) is 0 Å². The number of hydrogen-bond donors (Lipinski definition) is 1. The van der Waals surface area contributed by atoms with Gasteiger partial charge in [0.1, 0.15) is 0 Å². The number of ether oxygens (including phenoxy) is 2. The molecule has 0 spiro atoms. The molecule has 0 saturated heterocycles. The fraction of sp³-hybridized carbons (Fsp3) is 0.125. The quantitative estimate of drug-likeness (QED) is 0.427. The Bertz CT molecular complexity index is 365. The zero-order valence-electron chi connectivity index (χ0n) is 6.53. The van der Waals surface area contributed by atoms with Crippen molar-refractivity contribution < 1.29 is 14.7 Å². The first-order chi connectivity index (χ1) is 6.31. The maximum atomic E-state index is 8.33. The molecule has 2 rings (SSSR count). The van der Waals surface area contributed by atoms with Crippen LogP contribution in [0.2, 0.25) is 5.02 Å². The number of benzene rings is 1. The van der Waals surface area contributed by atoms with Crippen LogP contribution in [0, 0.1) is 0 Å². The number of hydrogen-bond acceptors (Lipinski definition) is 4. The summed E-state index contributed by atoms with van der Waals surface area (Å²) < 4.78 is 10.2. The fourth-order valence-corrected chi connectivity index (χ4v) is 1.30. The van der Waals surface area contributed by atoms with Gasteiger partial charge in [-0.3, -0.25) is 0 Å². The van der Waals surface area contributed by atoms with Gasteiger partial charge in [0.2, 0.25) is 6.79 Å². The van der Waals surface area contributed by atoms with E-state index in [0.717, 1.165) is 0 Å². The van der Waals surface area contributed by atoms with Gasteiger partial charge in [0, 0.05) is 11.6 Å². The van der Waals surface area contributed by atoms with Crippen LogP contribution >= 0.6 is 11.6 Å². The van der Waals surface area contributed by atoms with E-state index >= 15 is 0 Å². The predicted molar refractivity (Wildman–Crippen MR) is 47.0 cm³/mol. The second-order valence-corrected chi connectivity index (χ2v) is 2.88. The minimum Gasteiger partial charge on any atom is -0.454 e. The smallest absolute Gasteiger partial charge is 0.231 e. The monoisotopic (exact) mass is 199 g/mol. The number of fused-ring (bicyclic) bond motifs is 1. The normalized spacial score (nSPS) is 13.9. The predicted octanol–water partition coefficient (Wildman–Crippen LogP) is 1.88. The summed E-state index contributed by atoms with van der Waals surface area (Å²) in [6.45, 7) is 0.200. The first-order valence-corrected chi connectivity index (χ1v) is 3.95. The van der Waals surface area contributed by atoms with Gasteiger partial charge in [-0.15, -0.1) is 0 Å². The first-order valence-electron chi connectivity index (χ1n) is 3.58. The van der Waals surface area contributed by atoms with Gasteiger partial charge in [0.05, 0.1) is 11.2 Å². The average molecular weight is 200 g/mol. The molecule has 1 aromatic carbocycles. The summed E-state index contributed by atoms with van der Waals surface area (Å²) in [5, 5.41) is 11.7. The van der Waals surface area contributed by atoms with Gasteiger partial charge in [0.25, 0.3) is 0 Å². The highest BCUT2D eigenvalue weighted by atomic mass is 35.5. The molecule has 68 valence electrons. The highest BCUT2D eigenvalue weighted by molar-refractivity contribution is 6.33. The molecule has 4 nitrogen and oxygen atoms in total. The molecule has 0 aromatic heterocycles. The minimum absolute atomic E-state index is 0.200. The Labute approximate surface area is 79.3 Å². The van der Waals surface area contributed by atoms with Crippen molar-refractivity contribution in [3.8, 4) is 11.5 Å². The third-order valence-electron chi connectivity index (χ3n) is 1.69. The number of rotatable bonds is 1. The molecule has 0 unspecified atom stereocenters. The zero-order valence-corrected chi connectivity index (χ0v) is 7.28.